The fraction of sp³-hybridized carbons (Fsp3) is 0. The molecule has 0 fully saturated rings. The standard InChI is InChI=1S/3ClH.O.2V/h3*1H;;;/q;;;-2;;/p-3. The van der Waals surface area contributed by atoms with Gasteiger partial charge in [0.05, 0.1) is 0 Å². The summed E-state index contributed by atoms with van der Waals surface area (Å²) in [6.07, 6.45) is 0. The molecule has 0 bridgehead atoms. The number of rotatable bonds is 0. The van der Waals surface area contributed by atoms with E-state index in [4.69, 9.17) is 0 Å². The average Bonchev–Trinajstić information content (AvgIpc) is 0. The molecular formula is Cl3OV2-5. The first kappa shape index (κ1) is 98.1. The van der Waals surface area contributed by atoms with Gasteiger partial charge in [0, 0.05) is 37.1 Å². The molecule has 6 heavy (non-hydrogen) atoms. The molecule has 0 heterocycles. The molecular weight excluding hydrogens is 224 g/mol. The molecule has 0 aromatic heterocycles. The molecule has 0 amide bonds. The molecule has 0 aliphatic carbocycles. The monoisotopic (exact) mass is 223 g/mol. The molecule has 0 aliphatic rings. The van der Waals surface area contributed by atoms with Gasteiger partial charge in [0.2, 0.25) is 0 Å². The van der Waals surface area contributed by atoms with E-state index >= 15 is 0 Å². The molecule has 6 heteroatoms. The van der Waals surface area contributed by atoms with Crippen LogP contribution in [0.1, 0.15) is 0 Å². The van der Waals surface area contributed by atoms with Gasteiger partial charge in [-0.25, -0.2) is 0 Å². The molecule has 0 unspecified atom stereocenters. The molecule has 2 radical (unpaired) electrons. The number of hydrogen-bond acceptors (Lipinski definition) is 0. The fourth-order valence-corrected chi connectivity index (χ4v) is 0. The smallest absolute Gasteiger partial charge is 0 e. The van der Waals surface area contributed by atoms with E-state index in [2.05, 4.69) is 0 Å². The summed E-state index contributed by atoms with van der Waals surface area (Å²) in [6, 6.07) is 0. The minimum atomic E-state index is 0. The second-order valence-electron chi connectivity index (χ2n) is 0. The van der Waals surface area contributed by atoms with Gasteiger partial charge in [-0.05, 0) is 0 Å². The molecule has 1 nitrogen and oxygen atoms in total. The van der Waals surface area contributed by atoms with E-state index in [-0.39, 0.29) is 79.8 Å². The van der Waals surface area contributed by atoms with Crippen molar-refractivity contribution in [2.75, 3.05) is 0 Å². The van der Waals surface area contributed by atoms with E-state index in [1.165, 1.54) is 0 Å². The van der Waals surface area contributed by atoms with Crippen LogP contribution in [0.25, 0.3) is 0 Å². The van der Waals surface area contributed by atoms with Gasteiger partial charge in [-0.2, -0.15) is 0 Å². The molecule has 0 saturated carbocycles. The van der Waals surface area contributed by atoms with Crippen LogP contribution in [-0.2, 0) is 42.6 Å². The second kappa shape index (κ2) is 63.0. The molecule has 42 valence electrons. The fourth-order valence-electron chi connectivity index (χ4n) is 0. The van der Waals surface area contributed by atoms with Crippen LogP contribution in [0.5, 0.6) is 0 Å². The first-order chi connectivity index (χ1) is 0. The third-order valence-corrected chi connectivity index (χ3v) is 0. The first-order valence-electron chi connectivity index (χ1n) is 0. The molecule has 0 atom stereocenters. The minimum absolute atomic E-state index is 0. The van der Waals surface area contributed by atoms with Crippen LogP contribution in [0.4, 0.5) is 0 Å². The van der Waals surface area contributed by atoms with Crippen LogP contribution in [0.15, 0.2) is 0 Å². The van der Waals surface area contributed by atoms with Crippen LogP contribution in [0, 0.1) is 0 Å². The van der Waals surface area contributed by atoms with Crippen molar-refractivity contribution >= 4 is 0 Å². The summed E-state index contributed by atoms with van der Waals surface area (Å²) in [5.74, 6) is 0. The minimum Gasteiger partial charge on any atom is -2.00 e. The zero-order valence-electron chi connectivity index (χ0n) is 2.44. The average molecular weight is 224 g/mol. The summed E-state index contributed by atoms with van der Waals surface area (Å²) < 4.78 is 0. The van der Waals surface area contributed by atoms with Crippen molar-refractivity contribution in [1.29, 1.82) is 0 Å². The van der Waals surface area contributed by atoms with E-state index in [0.717, 1.165) is 0 Å². The Balaban J connectivity index is 0. The molecule has 0 saturated heterocycles. The van der Waals surface area contributed by atoms with Crippen LogP contribution in [0.2, 0.25) is 0 Å². The predicted molar refractivity (Wildman–Crippen MR) is 0.686 cm³/mol. The molecule has 0 spiro atoms. The van der Waals surface area contributed by atoms with Crippen molar-refractivity contribution in [3.8, 4) is 0 Å². The third-order valence-electron chi connectivity index (χ3n) is 0. The zero-order valence-corrected chi connectivity index (χ0v) is 7.50. The van der Waals surface area contributed by atoms with E-state index < -0.39 is 0 Å². The van der Waals surface area contributed by atoms with Crippen molar-refractivity contribution in [2.24, 2.45) is 0 Å². The van der Waals surface area contributed by atoms with Gasteiger partial charge in [-0.3, -0.25) is 0 Å². The van der Waals surface area contributed by atoms with Gasteiger partial charge in [0.1, 0.15) is 0 Å². The summed E-state index contributed by atoms with van der Waals surface area (Å²) in [7, 11) is 0. The second-order valence-corrected chi connectivity index (χ2v) is 0. The molecule has 0 aromatic carbocycles. The van der Waals surface area contributed by atoms with Crippen molar-refractivity contribution in [2.45, 2.75) is 0 Å². The SMILES string of the molecule is [Cl-].[Cl-].[Cl-].[O-2].[V].[V]. The number of hydrogen-bond donors (Lipinski definition) is 0. The van der Waals surface area contributed by atoms with Gasteiger partial charge >= 0.3 is 0 Å². The Kier molecular flexibility index (Phi) is 1030. The van der Waals surface area contributed by atoms with Crippen molar-refractivity contribution in [3.05, 3.63) is 0 Å². The van der Waals surface area contributed by atoms with Crippen molar-refractivity contribution in [1.82, 2.24) is 0 Å². The van der Waals surface area contributed by atoms with Crippen LogP contribution in [-0.4, -0.2) is 0 Å². The largest absolute Gasteiger partial charge is 2.00 e. The van der Waals surface area contributed by atoms with E-state index in [0.29, 0.717) is 0 Å². The Hall–Kier alpha value is 2.00. The van der Waals surface area contributed by atoms with Gasteiger partial charge in [0.15, 0.2) is 0 Å². The summed E-state index contributed by atoms with van der Waals surface area (Å²) in [5.41, 5.74) is 0. The Morgan fingerprint density at radius 2 is 0.500 bits per heavy atom. The molecule has 0 aromatic rings. The normalized spacial score (nSPS) is 0. The maximum absolute atomic E-state index is 0. The molecule has 0 aliphatic heterocycles. The van der Waals surface area contributed by atoms with Crippen LogP contribution >= 0.6 is 0 Å². The Bertz CT molecular complexity index is 8.75. The molecule has 0 rings (SSSR count). The maximum atomic E-state index is 0. The quantitative estimate of drug-likeness (QED) is 0.391. The van der Waals surface area contributed by atoms with E-state index in [1.807, 2.05) is 0 Å². The van der Waals surface area contributed by atoms with Crippen LogP contribution < -0.4 is 37.2 Å². The summed E-state index contributed by atoms with van der Waals surface area (Å²) in [6.45, 7) is 0. The van der Waals surface area contributed by atoms with Crippen molar-refractivity contribution in [3.63, 3.8) is 0 Å². The third kappa shape index (κ3) is 37.5. The summed E-state index contributed by atoms with van der Waals surface area (Å²) in [5, 5.41) is 0. The van der Waals surface area contributed by atoms with E-state index in [9.17, 15) is 0 Å². The topological polar surface area (TPSA) is 28.5 Å². The summed E-state index contributed by atoms with van der Waals surface area (Å²) >= 11 is 0. The first-order valence-corrected chi connectivity index (χ1v) is 0. The van der Waals surface area contributed by atoms with E-state index in [1.54, 1.807) is 0 Å². The van der Waals surface area contributed by atoms with Gasteiger partial charge in [-0.1, -0.05) is 0 Å². The Labute approximate surface area is 79.3 Å². The Morgan fingerprint density at radius 3 is 0.500 bits per heavy atom. The zero-order chi connectivity index (χ0) is 0. The van der Waals surface area contributed by atoms with Gasteiger partial charge < -0.3 is 42.7 Å². The maximum Gasteiger partial charge on any atom is 0 e. The number of halogens is 3. The van der Waals surface area contributed by atoms with Crippen molar-refractivity contribution < 1.29 is 79.8 Å². The van der Waals surface area contributed by atoms with Gasteiger partial charge in [-0.15, -0.1) is 0 Å². The molecule has 0 N–H and O–H groups in total. The Morgan fingerprint density at radius 1 is 0.500 bits per heavy atom. The van der Waals surface area contributed by atoms with Crippen LogP contribution in [0.3, 0.4) is 0 Å². The predicted octanol–water partition coefficient (Wildman–Crippen LogP) is -9.11. The van der Waals surface area contributed by atoms with Gasteiger partial charge in [0.25, 0.3) is 0 Å². The summed E-state index contributed by atoms with van der Waals surface area (Å²) in [4.78, 5) is 0.